The molecule has 1 aromatic heterocycles. The number of nitrogens with one attached hydrogen (secondary N) is 2. The molecule has 8 heteroatoms. The van der Waals surface area contributed by atoms with Crippen molar-refractivity contribution in [2.24, 2.45) is 0 Å². The Kier molecular flexibility index (Phi) is 3.49. The smallest absolute Gasteiger partial charge is 0.271 e. The molecule has 0 bridgehead atoms. The summed E-state index contributed by atoms with van der Waals surface area (Å²) in [7, 11) is -1.20. The summed E-state index contributed by atoms with van der Waals surface area (Å²) in [6.07, 6.45) is 1.70. The lowest BCUT2D eigenvalue weighted by molar-refractivity contribution is -0.384. The first-order valence-corrected chi connectivity index (χ1v) is 7.62. The Bertz CT molecular complexity index is 678. The monoisotopic (exact) mass is 294 g/mol. The van der Waals surface area contributed by atoms with Gasteiger partial charge in [-0.15, -0.1) is 0 Å². The molecule has 0 unspecified atom stereocenters. The maximum Gasteiger partial charge on any atom is 0.271 e. The molecule has 1 saturated heterocycles. The molecule has 7 nitrogen and oxygen atoms in total. The molecule has 0 radical (unpaired) electrons. The van der Waals surface area contributed by atoms with Crippen molar-refractivity contribution in [3.05, 3.63) is 28.3 Å². The molecule has 106 valence electrons. The number of H-pyrrole nitrogens is 1. The molecule has 3 rings (SSSR count). The predicted octanol–water partition coefficient (Wildman–Crippen LogP) is 1.33. The number of nitro groups is 1. The van der Waals surface area contributed by atoms with E-state index in [1.54, 1.807) is 6.07 Å². The Hall–Kier alpha value is -1.80. The van der Waals surface area contributed by atoms with Crippen molar-refractivity contribution in [2.75, 3.05) is 13.1 Å². The van der Waals surface area contributed by atoms with E-state index in [-0.39, 0.29) is 10.9 Å². The Labute approximate surface area is 117 Å². The number of hydrogen-bond donors (Lipinski definition) is 2. The predicted molar refractivity (Wildman–Crippen MR) is 75.0 cm³/mol. The topological polar surface area (TPSA) is 101 Å². The third kappa shape index (κ3) is 2.44. The van der Waals surface area contributed by atoms with Crippen molar-refractivity contribution in [3.63, 3.8) is 0 Å². The summed E-state index contributed by atoms with van der Waals surface area (Å²) < 4.78 is 12.4. The Balaban J connectivity index is 1.92. The highest BCUT2D eigenvalue weighted by Gasteiger charge is 2.23. The van der Waals surface area contributed by atoms with Crippen LogP contribution in [0.4, 0.5) is 5.69 Å². The van der Waals surface area contributed by atoms with Gasteiger partial charge in [-0.05, 0) is 32.0 Å². The molecule has 2 N–H and O–H groups in total. The van der Waals surface area contributed by atoms with Gasteiger partial charge in [0.15, 0.2) is 5.16 Å². The van der Waals surface area contributed by atoms with Crippen molar-refractivity contribution in [1.82, 2.24) is 15.3 Å². The van der Waals surface area contributed by atoms with Crippen LogP contribution in [0.3, 0.4) is 0 Å². The molecule has 0 spiro atoms. The zero-order valence-electron chi connectivity index (χ0n) is 10.7. The molecule has 2 aromatic rings. The van der Waals surface area contributed by atoms with Gasteiger partial charge in [-0.25, -0.2) is 4.98 Å². The fraction of sp³-hybridized carbons (Fsp3) is 0.417. The molecule has 1 atom stereocenters. The number of rotatable bonds is 3. The van der Waals surface area contributed by atoms with Crippen LogP contribution in [-0.2, 0) is 10.8 Å². The average Bonchev–Trinajstić information content (AvgIpc) is 2.90. The Morgan fingerprint density at radius 2 is 2.10 bits per heavy atom. The van der Waals surface area contributed by atoms with E-state index in [0.717, 1.165) is 25.9 Å². The fourth-order valence-corrected chi connectivity index (χ4v) is 3.73. The van der Waals surface area contributed by atoms with Gasteiger partial charge >= 0.3 is 0 Å². The van der Waals surface area contributed by atoms with E-state index >= 15 is 0 Å². The zero-order chi connectivity index (χ0) is 14.1. The highest BCUT2D eigenvalue weighted by molar-refractivity contribution is 7.85. The largest absolute Gasteiger partial charge is 0.331 e. The quantitative estimate of drug-likeness (QED) is 0.657. The standard InChI is InChI=1S/C12H14N4O3S/c17-16(18)8-1-2-10-11(7-8)15-12(14-10)20(19)9-3-5-13-6-4-9/h1-2,7,9,13H,3-6H2,(H,14,15)/t20-/m0/s1. The van der Waals surface area contributed by atoms with Crippen LogP contribution in [0.25, 0.3) is 11.0 Å². The Morgan fingerprint density at radius 3 is 2.80 bits per heavy atom. The van der Waals surface area contributed by atoms with Crippen LogP contribution in [-0.4, -0.2) is 37.4 Å². The molecule has 2 heterocycles. The number of nitro benzene ring substituents is 1. The number of benzene rings is 1. The molecule has 1 aromatic carbocycles. The van der Waals surface area contributed by atoms with Gasteiger partial charge in [0.1, 0.15) is 0 Å². The maximum atomic E-state index is 12.4. The van der Waals surface area contributed by atoms with Crippen molar-refractivity contribution in [1.29, 1.82) is 0 Å². The number of fused-ring (bicyclic) bond motifs is 1. The molecule has 1 aliphatic rings. The lowest BCUT2D eigenvalue weighted by Crippen LogP contribution is -2.33. The molecular formula is C12H14N4O3S. The maximum absolute atomic E-state index is 12.4. The Morgan fingerprint density at radius 1 is 1.35 bits per heavy atom. The molecule has 0 aliphatic carbocycles. The zero-order valence-corrected chi connectivity index (χ0v) is 11.5. The second-order valence-electron chi connectivity index (χ2n) is 4.75. The summed E-state index contributed by atoms with van der Waals surface area (Å²) in [5, 5.41) is 14.5. The number of nitrogens with zero attached hydrogens (tertiary/aromatic N) is 2. The van der Waals surface area contributed by atoms with Gasteiger partial charge < -0.3 is 10.3 Å². The first-order valence-electron chi connectivity index (χ1n) is 6.40. The van der Waals surface area contributed by atoms with E-state index < -0.39 is 15.7 Å². The lowest BCUT2D eigenvalue weighted by atomic mass is 10.2. The van der Waals surface area contributed by atoms with Gasteiger partial charge in [0.2, 0.25) is 0 Å². The second kappa shape index (κ2) is 5.29. The van der Waals surface area contributed by atoms with E-state index in [2.05, 4.69) is 15.3 Å². The van der Waals surface area contributed by atoms with Crippen molar-refractivity contribution in [3.8, 4) is 0 Å². The fourth-order valence-electron chi connectivity index (χ4n) is 2.35. The van der Waals surface area contributed by atoms with Gasteiger partial charge in [0, 0.05) is 17.4 Å². The van der Waals surface area contributed by atoms with Crippen LogP contribution in [0.1, 0.15) is 12.8 Å². The highest BCUT2D eigenvalue weighted by Crippen LogP contribution is 2.22. The third-order valence-corrected chi connectivity index (χ3v) is 5.09. The normalized spacial score (nSPS) is 18.2. The van der Waals surface area contributed by atoms with Crippen LogP contribution < -0.4 is 5.32 Å². The van der Waals surface area contributed by atoms with Gasteiger partial charge in [-0.3, -0.25) is 14.3 Å². The number of aromatic amines is 1. The van der Waals surface area contributed by atoms with E-state index in [9.17, 15) is 14.3 Å². The summed E-state index contributed by atoms with van der Waals surface area (Å²) in [6, 6.07) is 4.40. The molecular weight excluding hydrogens is 280 g/mol. The third-order valence-electron chi connectivity index (χ3n) is 3.43. The minimum Gasteiger partial charge on any atom is -0.331 e. The summed E-state index contributed by atoms with van der Waals surface area (Å²) in [5.74, 6) is 0. The number of hydrogen-bond acceptors (Lipinski definition) is 5. The summed E-state index contributed by atoms with van der Waals surface area (Å²) in [4.78, 5) is 17.5. The number of aromatic nitrogens is 2. The van der Waals surface area contributed by atoms with Crippen LogP contribution in [0.15, 0.2) is 23.4 Å². The van der Waals surface area contributed by atoms with E-state index in [1.807, 2.05) is 0 Å². The molecule has 20 heavy (non-hydrogen) atoms. The lowest BCUT2D eigenvalue weighted by Gasteiger charge is -2.20. The molecule has 1 aliphatic heterocycles. The van der Waals surface area contributed by atoms with E-state index in [0.29, 0.717) is 16.2 Å². The average molecular weight is 294 g/mol. The second-order valence-corrected chi connectivity index (χ2v) is 6.40. The molecule has 0 saturated carbocycles. The first-order chi connectivity index (χ1) is 9.65. The number of imidazole rings is 1. The van der Waals surface area contributed by atoms with Crippen LogP contribution in [0.5, 0.6) is 0 Å². The minimum atomic E-state index is -1.20. The molecule has 1 fully saturated rings. The van der Waals surface area contributed by atoms with Crippen molar-refractivity contribution >= 4 is 27.5 Å². The van der Waals surface area contributed by atoms with Crippen molar-refractivity contribution < 1.29 is 9.13 Å². The number of piperidine rings is 1. The minimum absolute atomic E-state index is 0.000323. The summed E-state index contributed by atoms with van der Waals surface area (Å²) in [6.45, 7) is 1.73. The van der Waals surface area contributed by atoms with Gasteiger partial charge in [-0.2, -0.15) is 0 Å². The summed E-state index contributed by atoms with van der Waals surface area (Å²) in [5.41, 5.74) is 1.16. The van der Waals surface area contributed by atoms with E-state index in [1.165, 1.54) is 12.1 Å². The van der Waals surface area contributed by atoms with Gasteiger partial charge in [0.25, 0.3) is 5.69 Å². The number of non-ortho nitro benzene ring substituents is 1. The van der Waals surface area contributed by atoms with Gasteiger partial charge in [-0.1, -0.05) is 0 Å². The SMILES string of the molecule is O=[N+]([O-])c1ccc2nc([S@@](=O)C3CCNCC3)[nH]c2c1. The highest BCUT2D eigenvalue weighted by atomic mass is 32.2. The van der Waals surface area contributed by atoms with Gasteiger partial charge in [0.05, 0.1) is 26.8 Å². The first kappa shape index (κ1) is 13.2. The van der Waals surface area contributed by atoms with Crippen molar-refractivity contribution in [2.45, 2.75) is 23.2 Å². The van der Waals surface area contributed by atoms with Crippen LogP contribution >= 0.6 is 0 Å². The molecule has 0 amide bonds. The van der Waals surface area contributed by atoms with Crippen LogP contribution in [0.2, 0.25) is 0 Å². The summed E-state index contributed by atoms with van der Waals surface area (Å²) >= 11 is 0. The van der Waals surface area contributed by atoms with Crippen LogP contribution in [0, 0.1) is 10.1 Å². The van der Waals surface area contributed by atoms with E-state index in [4.69, 9.17) is 0 Å².